The van der Waals surface area contributed by atoms with E-state index >= 15 is 0 Å². The number of ether oxygens (including phenoxy) is 1. The lowest BCUT2D eigenvalue weighted by molar-refractivity contribution is -0.140. The van der Waals surface area contributed by atoms with Crippen LogP contribution in [0.15, 0.2) is 55.0 Å². The largest absolute Gasteiger partial charge is 0.434 e. The van der Waals surface area contributed by atoms with Gasteiger partial charge in [0.05, 0.1) is 18.3 Å². The van der Waals surface area contributed by atoms with E-state index < -0.39 is 18.5 Å². The molecule has 0 bridgehead atoms. The van der Waals surface area contributed by atoms with Crippen LogP contribution in [0.5, 0.6) is 5.88 Å². The molecule has 0 amide bonds. The van der Waals surface area contributed by atoms with Crippen molar-refractivity contribution >= 4 is 11.2 Å². The highest BCUT2D eigenvalue weighted by molar-refractivity contribution is 5.74. The topological polar surface area (TPSA) is 99.4 Å². The summed E-state index contributed by atoms with van der Waals surface area (Å²) in [4.78, 5) is 16.5. The summed E-state index contributed by atoms with van der Waals surface area (Å²) in [7, 11) is 1.67. The second-order valence-corrected chi connectivity index (χ2v) is 9.25. The van der Waals surface area contributed by atoms with Crippen molar-refractivity contribution in [1.29, 1.82) is 5.41 Å². The molecule has 0 saturated carbocycles. The quantitative estimate of drug-likeness (QED) is 0.269. The molecule has 0 spiro atoms. The number of rotatable bonds is 7. The smallest absolute Gasteiger partial charge is 0.416 e. The number of hydrogen-bond acceptors (Lipinski definition) is 6. The SMILES string of the molecule is CC(C)n1cc(C(F)(F)F)nc1-c1ccc(Cn2c(=N)n(C)c3cnc(-c4cccnc4OC(F)F)nc32)cc1. The van der Waals surface area contributed by atoms with Crippen molar-refractivity contribution < 1.29 is 26.7 Å². The predicted octanol–water partition coefficient (Wildman–Crippen LogP) is 5.42. The normalized spacial score (nSPS) is 12.2. The Morgan fingerprint density at radius 3 is 2.40 bits per heavy atom. The maximum Gasteiger partial charge on any atom is 0.434 e. The van der Waals surface area contributed by atoms with Gasteiger partial charge in [0.2, 0.25) is 11.5 Å². The van der Waals surface area contributed by atoms with E-state index in [1.807, 2.05) is 0 Å². The van der Waals surface area contributed by atoms with E-state index in [0.717, 1.165) is 11.8 Å². The Morgan fingerprint density at radius 2 is 1.75 bits per heavy atom. The minimum atomic E-state index is -4.56. The Bertz CT molecular complexity index is 1740. The van der Waals surface area contributed by atoms with E-state index in [2.05, 4.69) is 24.7 Å². The van der Waals surface area contributed by atoms with Gasteiger partial charge in [-0.15, -0.1) is 0 Å². The summed E-state index contributed by atoms with van der Waals surface area (Å²) in [5.41, 5.74) is 1.46. The highest BCUT2D eigenvalue weighted by Gasteiger charge is 2.35. The molecule has 0 aliphatic rings. The first-order chi connectivity index (χ1) is 18.9. The van der Waals surface area contributed by atoms with Crippen molar-refractivity contribution in [2.45, 2.75) is 39.2 Å². The molecular formula is C26H23F5N8O. The average molecular weight is 559 g/mol. The van der Waals surface area contributed by atoms with Gasteiger partial charge >= 0.3 is 12.8 Å². The third-order valence-corrected chi connectivity index (χ3v) is 6.29. The summed E-state index contributed by atoms with van der Waals surface area (Å²) in [6.45, 7) is 0.668. The Morgan fingerprint density at radius 1 is 1.02 bits per heavy atom. The summed E-state index contributed by atoms with van der Waals surface area (Å²) in [5.74, 6) is -0.0371. The molecule has 0 saturated heterocycles. The standard InChI is InChI=1S/C26H23F5N8O/c1-14(2)38-13-19(26(29,30)31)35-21(38)16-8-6-15(7-9-16)12-39-22-18(37(3)25(39)32)11-34-20(36-22)17-5-4-10-33-23(17)40-24(27)28/h4-11,13-14,24,32H,12H2,1-3H3. The number of halogens is 5. The summed E-state index contributed by atoms with van der Waals surface area (Å²) in [6.07, 6.45) is -0.763. The number of benzene rings is 1. The lowest BCUT2D eigenvalue weighted by Gasteiger charge is -2.12. The molecule has 14 heteroatoms. The van der Waals surface area contributed by atoms with Crippen molar-refractivity contribution in [2.75, 3.05) is 0 Å². The second kappa shape index (κ2) is 10.2. The number of alkyl halides is 5. The molecule has 4 aromatic heterocycles. The molecular weight excluding hydrogens is 535 g/mol. The fourth-order valence-electron chi connectivity index (χ4n) is 4.30. The molecule has 0 aliphatic heterocycles. The Labute approximate surface area is 224 Å². The number of aryl methyl sites for hydroxylation is 1. The van der Waals surface area contributed by atoms with Crippen LogP contribution in [0.4, 0.5) is 22.0 Å². The molecule has 208 valence electrons. The first kappa shape index (κ1) is 27.0. The third-order valence-electron chi connectivity index (χ3n) is 6.29. The summed E-state index contributed by atoms with van der Waals surface area (Å²) < 4.78 is 74.8. The minimum Gasteiger partial charge on any atom is -0.416 e. The lowest BCUT2D eigenvalue weighted by Crippen LogP contribution is -2.23. The average Bonchev–Trinajstić information content (AvgIpc) is 3.46. The van der Waals surface area contributed by atoms with Crippen LogP contribution in [0, 0.1) is 5.41 Å². The van der Waals surface area contributed by atoms with Gasteiger partial charge in [0, 0.05) is 31.0 Å². The van der Waals surface area contributed by atoms with Gasteiger partial charge in [0.1, 0.15) is 11.3 Å². The molecule has 0 fully saturated rings. The van der Waals surface area contributed by atoms with Gasteiger partial charge in [-0.1, -0.05) is 24.3 Å². The lowest BCUT2D eigenvalue weighted by atomic mass is 10.1. The molecule has 40 heavy (non-hydrogen) atoms. The Balaban J connectivity index is 1.51. The van der Waals surface area contributed by atoms with E-state index in [1.54, 1.807) is 60.4 Å². The van der Waals surface area contributed by atoms with Crippen LogP contribution < -0.4 is 10.4 Å². The van der Waals surface area contributed by atoms with Crippen LogP contribution in [-0.4, -0.2) is 40.2 Å². The number of hydrogen-bond donors (Lipinski definition) is 1. The van der Waals surface area contributed by atoms with Crippen molar-refractivity contribution in [2.24, 2.45) is 7.05 Å². The van der Waals surface area contributed by atoms with E-state index in [0.29, 0.717) is 16.7 Å². The fraction of sp³-hybridized carbons (Fsp3) is 0.269. The van der Waals surface area contributed by atoms with Crippen LogP contribution in [-0.2, 0) is 19.8 Å². The van der Waals surface area contributed by atoms with Gasteiger partial charge in [0.25, 0.3) is 0 Å². The number of fused-ring (bicyclic) bond motifs is 1. The second-order valence-electron chi connectivity index (χ2n) is 9.25. The molecule has 1 aromatic carbocycles. The zero-order valence-electron chi connectivity index (χ0n) is 21.5. The van der Waals surface area contributed by atoms with Gasteiger partial charge in [-0.2, -0.15) is 22.0 Å². The molecule has 0 radical (unpaired) electrons. The Hall–Kier alpha value is -4.62. The third kappa shape index (κ3) is 5.03. The van der Waals surface area contributed by atoms with Crippen molar-refractivity contribution in [1.82, 2.24) is 33.6 Å². The number of imidazole rings is 2. The van der Waals surface area contributed by atoms with Crippen LogP contribution >= 0.6 is 0 Å². The molecule has 5 aromatic rings. The molecule has 0 aliphatic carbocycles. The van der Waals surface area contributed by atoms with Gasteiger partial charge in [-0.05, 0) is 31.5 Å². The first-order valence-electron chi connectivity index (χ1n) is 12.1. The summed E-state index contributed by atoms with van der Waals surface area (Å²) in [6, 6.07) is 9.64. The molecule has 4 heterocycles. The fourth-order valence-corrected chi connectivity index (χ4v) is 4.30. The van der Waals surface area contributed by atoms with E-state index in [1.165, 1.54) is 23.0 Å². The first-order valence-corrected chi connectivity index (χ1v) is 12.1. The van der Waals surface area contributed by atoms with Crippen molar-refractivity contribution in [3.63, 3.8) is 0 Å². The number of nitrogens with zero attached hydrogens (tertiary/aromatic N) is 7. The van der Waals surface area contributed by atoms with Gasteiger partial charge < -0.3 is 13.9 Å². The highest BCUT2D eigenvalue weighted by Crippen LogP contribution is 2.33. The van der Waals surface area contributed by atoms with E-state index in [4.69, 9.17) is 5.41 Å². The van der Waals surface area contributed by atoms with Crippen LogP contribution in [0.3, 0.4) is 0 Å². The number of aromatic nitrogens is 7. The highest BCUT2D eigenvalue weighted by atomic mass is 19.4. The molecule has 5 rings (SSSR count). The number of nitrogens with one attached hydrogen (secondary N) is 1. The van der Waals surface area contributed by atoms with Crippen LogP contribution in [0.1, 0.15) is 31.1 Å². The Kier molecular flexibility index (Phi) is 6.85. The molecule has 0 unspecified atom stereocenters. The predicted molar refractivity (Wildman–Crippen MR) is 134 cm³/mol. The van der Waals surface area contributed by atoms with Gasteiger partial charge in [-0.25, -0.2) is 19.9 Å². The maximum atomic E-state index is 13.3. The molecule has 1 N–H and O–H groups in total. The summed E-state index contributed by atoms with van der Waals surface area (Å²) >= 11 is 0. The number of pyridine rings is 1. The molecule has 0 atom stereocenters. The monoisotopic (exact) mass is 558 g/mol. The molecule has 9 nitrogen and oxygen atoms in total. The van der Waals surface area contributed by atoms with Crippen LogP contribution in [0.2, 0.25) is 0 Å². The van der Waals surface area contributed by atoms with Crippen LogP contribution in [0.25, 0.3) is 33.9 Å². The van der Waals surface area contributed by atoms with E-state index in [9.17, 15) is 22.0 Å². The van der Waals surface area contributed by atoms with E-state index in [-0.39, 0.29) is 41.3 Å². The maximum absolute atomic E-state index is 13.3. The minimum absolute atomic E-state index is 0.0898. The van der Waals surface area contributed by atoms with Crippen molar-refractivity contribution in [3.8, 4) is 28.7 Å². The van der Waals surface area contributed by atoms with Gasteiger partial charge in [-0.3, -0.25) is 9.98 Å². The summed E-state index contributed by atoms with van der Waals surface area (Å²) in [5, 5.41) is 8.60. The zero-order valence-corrected chi connectivity index (χ0v) is 21.5. The zero-order chi connectivity index (χ0) is 28.8. The van der Waals surface area contributed by atoms with Crippen molar-refractivity contribution in [3.05, 3.63) is 71.9 Å². The van der Waals surface area contributed by atoms with Gasteiger partial charge in [0.15, 0.2) is 17.2 Å².